The largest absolute Gasteiger partial charge is 0.472 e. The molecule has 3 atom stereocenters. The number of ether oxygens (including phenoxy) is 2. The Labute approximate surface area is 354 Å². The van der Waals surface area contributed by atoms with Crippen LogP contribution in [0, 0.1) is 0 Å². The standard InChI is InChI=1S/C47H87O10P/c1-3-5-7-9-11-13-15-17-19-20-21-22-23-24-25-27-28-30-32-34-36-38-46(50)54-42-45(43-56-58(52,53)55-41-44(49)40-48)57-47(51)39-37-35-33-31-29-26-18-16-14-12-10-8-6-4-2/h10,12,16-19,44-45,48-49H,3-9,11,13-15,20-43H2,1-2H3,(H,52,53)/b12-10+,18-16+,19-17+/t44-,45+/m1/s1. The van der Waals surface area contributed by atoms with Crippen molar-refractivity contribution in [3.8, 4) is 0 Å². The number of hydrogen-bond donors (Lipinski definition) is 3. The van der Waals surface area contributed by atoms with Crippen molar-refractivity contribution < 1.29 is 47.8 Å². The van der Waals surface area contributed by atoms with E-state index in [1.807, 2.05) is 0 Å². The van der Waals surface area contributed by atoms with Gasteiger partial charge in [-0.05, 0) is 64.2 Å². The highest BCUT2D eigenvalue weighted by atomic mass is 31.2. The van der Waals surface area contributed by atoms with Gasteiger partial charge in [0.05, 0.1) is 19.8 Å². The van der Waals surface area contributed by atoms with Crippen LogP contribution in [-0.4, -0.2) is 65.7 Å². The van der Waals surface area contributed by atoms with Crippen molar-refractivity contribution >= 4 is 19.8 Å². The monoisotopic (exact) mass is 843 g/mol. The molecule has 0 spiro atoms. The molecule has 0 heterocycles. The maximum absolute atomic E-state index is 12.6. The van der Waals surface area contributed by atoms with Gasteiger partial charge in [-0.1, -0.05) is 172 Å². The molecule has 11 heteroatoms. The topological polar surface area (TPSA) is 149 Å². The Bertz CT molecular complexity index is 1060. The molecule has 0 radical (unpaired) electrons. The van der Waals surface area contributed by atoms with Gasteiger partial charge in [-0.15, -0.1) is 0 Å². The van der Waals surface area contributed by atoms with E-state index < -0.39 is 51.8 Å². The van der Waals surface area contributed by atoms with Crippen LogP contribution in [0.25, 0.3) is 0 Å². The number of esters is 2. The van der Waals surface area contributed by atoms with E-state index in [-0.39, 0.29) is 19.4 Å². The molecule has 0 fully saturated rings. The Balaban J connectivity index is 4.20. The summed E-state index contributed by atoms with van der Waals surface area (Å²) < 4.78 is 32.8. The molecule has 0 aliphatic carbocycles. The van der Waals surface area contributed by atoms with Gasteiger partial charge in [0, 0.05) is 12.8 Å². The maximum Gasteiger partial charge on any atom is 0.472 e. The van der Waals surface area contributed by atoms with Crippen molar-refractivity contribution in [2.45, 2.75) is 225 Å². The van der Waals surface area contributed by atoms with Crippen LogP contribution in [0.2, 0.25) is 0 Å². The van der Waals surface area contributed by atoms with Crippen LogP contribution in [0.3, 0.4) is 0 Å². The Morgan fingerprint density at radius 3 is 1.40 bits per heavy atom. The molecule has 0 aliphatic rings. The second kappa shape index (κ2) is 43.3. The molecule has 0 aromatic carbocycles. The van der Waals surface area contributed by atoms with Crippen molar-refractivity contribution in [2.24, 2.45) is 0 Å². The molecule has 0 aromatic heterocycles. The van der Waals surface area contributed by atoms with E-state index in [0.29, 0.717) is 12.8 Å². The summed E-state index contributed by atoms with van der Waals surface area (Å²) in [6.45, 7) is 2.34. The quantitative estimate of drug-likeness (QED) is 0.0234. The van der Waals surface area contributed by atoms with Crippen LogP contribution in [0.4, 0.5) is 0 Å². The fraction of sp³-hybridized carbons (Fsp3) is 0.830. The molecule has 3 N–H and O–H groups in total. The Kier molecular flexibility index (Phi) is 41.9. The van der Waals surface area contributed by atoms with Gasteiger partial charge in [-0.25, -0.2) is 4.57 Å². The predicted octanol–water partition coefficient (Wildman–Crippen LogP) is 12.7. The van der Waals surface area contributed by atoms with Gasteiger partial charge in [0.2, 0.25) is 0 Å². The zero-order valence-electron chi connectivity index (χ0n) is 37.0. The first-order chi connectivity index (χ1) is 28.2. The number of unbranched alkanes of at least 4 members (excludes halogenated alkanes) is 24. The molecular formula is C47H87O10P. The highest BCUT2D eigenvalue weighted by molar-refractivity contribution is 7.47. The number of hydrogen-bond acceptors (Lipinski definition) is 9. The molecule has 58 heavy (non-hydrogen) atoms. The lowest BCUT2D eigenvalue weighted by Gasteiger charge is -2.20. The fourth-order valence-electron chi connectivity index (χ4n) is 6.36. The first kappa shape index (κ1) is 56.2. The lowest BCUT2D eigenvalue weighted by Crippen LogP contribution is -2.29. The van der Waals surface area contributed by atoms with Crippen LogP contribution in [-0.2, 0) is 32.7 Å². The second-order valence-corrected chi connectivity index (χ2v) is 17.2. The molecule has 0 rings (SSSR count). The van der Waals surface area contributed by atoms with Crippen molar-refractivity contribution in [3.05, 3.63) is 36.5 Å². The molecule has 10 nitrogen and oxygen atoms in total. The number of allylic oxidation sites excluding steroid dienone is 6. The van der Waals surface area contributed by atoms with E-state index in [1.54, 1.807) is 0 Å². The van der Waals surface area contributed by atoms with Crippen LogP contribution < -0.4 is 0 Å². The first-order valence-electron chi connectivity index (χ1n) is 23.4. The molecule has 0 saturated heterocycles. The summed E-state index contributed by atoms with van der Waals surface area (Å²) >= 11 is 0. The molecule has 0 bridgehead atoms. The van der Waals surface area contributed by atoms with Gasteiger partial charge >= 0.3 is 19.8 Å². The van der Waals surface area contributed by atoms with Crippen molar-refractivity contribution in [1.82, 2.24) is 0 Å². The summed E-state index contributed by atoms with van der Waals surface area (Å²) in [6.07, 6.45) is 45.4. The molecule has 1 unspecified atom stereocenters. The lowest BCUT2D eigenvalue weighted by molar-refractivity contribution is -0.161. The minimum Gasteiger partial charge on any atom is -0.462 e. The number of aliphatic hydroxyl groups is 2. The average molecular weight is 843 g/mol. The minimum absolute atomic E-state index is 0.169. The molecule has 0 aromatic rings. The summed E-state index contributed by atoms with van der Waals surface area (Å²) in [4.78, 5) is 35.0. The van der Waals surface area contributed by atoms with Gasteiger partial charge in [0.15, 0.2) is 6.10 Å². The number of carbonyl (C=O) groups excluding carboxylic acids is 2. The third kappa shape index (κ3) is 42.3. The Morgan fingerprint density at radius 2 is 0.914 bits per heavy atom. The van der Waals surface area contributed by atoms with Crippen molar-refractivity contribution in [3.63, 3.8) is 0 Å². The number of rotatable bonds is 44. The maximum atomic E-state index is 12.6. The fourth-order valence-corrected chi connectivity index (χ4v) is 7.15. The zero-order chi connectivity index (χ0) is 42.6. The molecule has 0 aliphatic heterocycles. The van der Waals surface area contributed by atoms with Gasteiger partial charge in [0.25, 0.3) is 0 Å². The third-order valence-electron chi connectivity index (χ3n) is 10.0. The van der Waals surface area contributed by atoms with Crippen molar-refractivity contribution in [1.29, 1.82) is 0 Å². The van der Waals surface area contributed by atoms with Gasteiger partial charge < -0.3 is 24.6 Å². The van der Waals surface area contributed by atoms with Crippen LogP contribution >= 0.6 is 7.82 Å². The zero-order valence-corrected chi connectivity index (χ0v) is 37.9. The second-order valence-electron chi connectivity index (χ2n) is 15.8. The van der Waals surface area contributed by atoms with Gasteiger partial charge in [-0.2, -0.15) is 0 Å². The van der Waals surface area contributed by atoms with E-state index in [9.17, 15) is 24.2 Å². The highest BCUT2D eigenvalue weighted by Gasteiger charge is 2.27. The smallest absolute Gasteiger partial charge is 0.462 e. The number of carbonyl (C=O) groups is 2. The summed E-state index contributed by atoms with van der Waals surface area (Å²) in [5.41, 5.74) is 0. The average Bonchev–Trinajstić information content (AvgIpc) is 3.21. The number of phosphoric ester groups is 1. The van der Waals surface area contributed by atoms with Gasteiger partial charge in [0.1, 0.15) is 12.7 Å². The van der Waals surface area contributed by atoms with Crippen LogP contribution in [0.5, 0.6) is 0 Å². The molecule has 0 saturated carbocycles. The lowest BCUT2D eigenvalue weighted by atomic mass is 10.0. The van der Waals surface area contributed by atoms with E-state index in [4.69, 9.17) is 23.6 Å². The third-order valence-corrected chi connectivity index (χ3v) is 11.0. The normalized spacial score (nSPS) is 14.1. The predicted molar refractivity (Wildman–Crippen MR) is 238 cm³/mol. The van der Waals surface area contributed by atoms with E-state index in [2.05, 4.69) is 50.3 Å². The van der Waals surface area contributed by atoms with E-state index >= 15 is 0 Å². The van der Waals surface area contributed by atoms with Crippen LogP contribution in [0.15, 0.2) is 36.5 Å². The number of phosphoric acid groups is 1. The van der Waals surface area contributed by atoms with E-state index in [0.717, 1.165) is 64.2 Å². The van der Waals surface area contributed by atoms with E-state index in [1.165, 1.54) is 109 Å². The molecular weight excluding hydrogens is 755 g/mol. The van der Waals surface area contributed by atoms with Crippen LogP contribution in [0.1, 0.15) is 213 Å². The summed E-state index contributed by atoms with van der Waals surface area (Å²) in [5, 5.41) is 18.3. The first-order valence-corrected chi connectivity index (χ1v) is 24.9. The summed E-state index contributed by atoms with van der Waals surface area (Å²) in [7, 11) is -4.62. The number of aliphatic hydroxyl groups excluding tert-OH is 2. The Hall–Kier alpha value is -1.81. The summed E-state index contributed by atoms with van der Waals surface area (Å²) in [6, 6.07) is 0. The Morgan fingerprint density at radius 1 is 0.517 bits per heavy atom. The summed E-state index contributed by atoms with van der Waals surface area (Å²) in [5.74, 6) is -0.937. The molecule has 0 amide bonds. The highest BCUT2D eigenvalue weighted by Crippen LogP contribution is 2.43. The molecule has 340 valence electrons. The minimum atomic E-state index is -4.62. The van der Waals surface area contributed by atoms with Gasteiger partial charge in [-0.3, -0.25) is 18.6 Å². The van der Waals surface area contributed by atoms with Crippen molar-refractivity contribution in [2.75, 3.05) is 26.4 Å². The SMILES string of the molecule is CCCC/C=C/C/C=C/CCCCCCCC(=O)O[C@@H](COC(=O)CCCCCCCCCCCCC/C=C/CCCCCCCC)COP(=O)(O)OC[C@H](O)CO.